The van der Waals surface area contributed by atoms with Crippen LogP contribution in [0.3, 0.4) is 0 Å². The molecule has 0 saturated heterocycles. The second-order valence-electron chi connectivity index (χ2n) is 4.17. The summed E-state index contributed by atoms with van der Waals surface area (Å²) >= 11 is 3.42. The number of rotatable bonds is 0. The van der Waals surface area contributed by atoms with Crippen molar-refractivity contribution in [2.24, 2.45) is 5.41 Å². The Balaban J connectivity index is 1.93. The van der Waals surface area contributed by atoms with Crippen LogP contribution in [0.15, 0.2) is 22.7 Å². The molecular formula is C11H11BrO2. The van der Waals surface area contributed by atoms with E-state index in [2.05, 4.69) is 15.9 Å². The van der Waals surface area contributed by atoms with Crippen molar-refractivity contribution < 1.29 is 9.47 Å². The molecule has 74 valence electrons. The maximum atomic E-state index is 5.75. The Bertz CT molecular complexity index is 372. The summed E-state index contributed by atoms with van der Waals surface area (Å²) in [5.41, 5.74) is 0.325. The second-order valence-corrected chi connectivity index (χ2v) is 5.08. The fourth-order valence-electron chi connectivity index (χ4n) is 1.68. The lowest BCUT2D eigenvalue weighted by atomic mass is 10.1. The molecule has 0 amide bonds. The Hall–Kier alpha value is -0.700. The van der Waals surface area contributed by atoms with E-state index in [1.54, 1.807) is 0 Å². The van der Waals surface area contributed by atoms with Crippen molar-refractivity contribution in [2.45, 2.75) is 12.8 Å². The first-order valence-corrected chi connectivity index (χ1v) is 5.62. The Morgan fingerprint density at radius 3 is 2.50 bits per heavy atom. The van der Waals surface area contributed by atoms with E-state index in [0.717, 1.165) is 29.2 Å². The molecular weight excluding hydrogens is 244 g/mol. The second kappa shape index (κ2) is 2.89. The van der Waals surface area contributed by atoms with Crippen LogP contribution in [0.25, 0.3) is 0 Å². The zero-order valence-electron chi connectivity index (χ0n) is 7.75. The number of ether oxygens (including phenoxy) is 2. The van der Waals surface area contributed by atoms with E-state index in [0.29, 0.717) is 5.41 Å². The lowest BCUT2D eigenvalue weighted by Gasteiger charge is -2.08. The van der Waals surface area contributed by atoms with E-state index in [4.69, 9.17) is 9.47 Å². The molecule has 1 fully saturated rings. The molecule has 1 aromatic carbocycles. The first-order chi connectivity index (χ1) is 6.77. The summed E-state index contributed by atoms with van der Waals surface area (Å²) in [7, 11) is 0. The molecule has 1 aromatic rings. The van der Waals surface area contributed by atoms with Crippen LogP contribution in [-0.2, 0) is 0 Å². The molecule has 1 saturated carbocycles. The third-order valence-electron chi connectivity index (χ3n) is 2.93. The van der Waals surface area contributed by atoms with Crippen molar-refractivity contribution in [2.75, 3.05) is 13.2 Å². The van der Waals surface area contributed by atoms with Crippen LogP contribution in [0.2, 0.25) is 0 Å². The van der Waals surface area contributed by atoms with E-state index >= 15 is 0 Å². The van der Waals surface area contributed by atoms with Crippen molar-refractivity contribution in [3.05, 3.63) is 22.7 Å². The summed E-state index contributed by atoms with van der Waals surface area (Å²) in [4.78, 5) is 0. The molecule has 0 atom stereocenters. The smallest absolute Gasteiger partial charge is 0.162 e. The summed E-state index contributed by atoms with van der Waals surface area (Å²) in [6.07, 6.45) is 2.48. The van der Waals surface area contributed by atoms with Gasteiger partial charge in [-0.3, -0.25) is 0 Å². The summed E-state index contributed by atoms with van der Waals surface area (Å²) in [6.45, 7) is 1.61. The lowest BCUT2D eigenvalue weighted by Crippen LogP contribution is -2.17. The standard InChI is InChI=1S/C11H11BrO2/c12-8-1-2-9-10(5-8)14-7-11(3-4-11)6-13-9/h1-2,5H,3-4,6-7H2. The molecule has 0 radical (unpaired) electrons. The van der Waals surface area contributed by atoms with Crippen LogP contribution in [0.5, 0.6) is 11.5 Å². The van der Waals surface area contributed by atoms with Crippen molar-refractivity contribution in [3.63, 3.8) is 0 Å². The van der Waals surface area contributed by atoms with E-state index in [1.807, 2.05) is 18.2 Å². The van der Waals surface area contributed by atoms with Gasteiger partial charge in [0.1, 0.15) is 0 Å². The van der Waals surface area contributed by atoms with E-state index in [1.165, 1.54) is 12.8 Å². The van der Waals surface area contributed by atoms with Crippen molar-refractivity contribution in [1.29, 1.82) is 0 Å². The van der Waals surface area contributed by atoms with Crippen LogP contribution < -0.4 is 9.47 Å². The highest BCUT2D eigenvalue weighted by molar-refractivity contribution is 9.10. The summed E-state index contributed by atoms with van der Waals surface area (Å²) in [5, 5.41) is 0. The van der Waals surface area contributed by atoms with Crippen LogP contribution in [-0.4, -0.2) is 13.2 Å². The van der Waals surface area contributed by atoms with Gasteiger partial charge < -0.3 is 9.47 Å². The molecule has 1 aliphatic carbocycles. The summed E-state index contributed by atoms with van der Waals surface area (Å²) < 4.78 is 12.5. The maximum Gasteiger partial charge on any atom is 0.162 e. The largest absolute Gasteiger partial charge is 0.489 e. The summed E-state index contributed by atoms with van der Waals surface area (Å²) in [5.74, 6) is 1.74. The van der Waals surface area contributed by atoms with Gasteiger partial charge in [0.15, 0.2) is 11.5 Å². The number of halogens is 1. The predicted molar refractivity (Wildman–Crippen MR) is 56.8 cm³/mol. The zero-order valence-corrected chi connectivity index (χ0v) is 9.34. The molecule has 0 N–H and O–H groups in total. The van der Waals surface area contributed by atoms with Crippen LogP contribution in [0.1, 0.15) is 12.8 Å². The van der Waals surface area contributed by atoms with Crippen molar-refractivity contribution in [3.8, 4) is 11.5 Å². The van der Waals surface area contributed by atoms with Gasteiger partial charge in [0.25, 0.3) is 0 Å². The van der Waals surface area contributed by atoms with Gasteiger partial charge in [-0.1, -0.05) is 15.9 Å². The number of fused-ring (bicyclic) bond motifs is 1. The predicted octanol–water partition coefficient (Wildman–Crippen LogP) is 3.00. The number of hydrogen-bond donors (Lipinski definition) is 0. The van der Waals surface area contributed by atoms with Gasteiger partial charge in [-0.05, 0) is 31.0 Å². The first kappa shape index (κ1) is 8.60. The third kappa shape index (κ3) is 1.40. The molecule has 2 nitrogen and oxygen atoms in total. The maximum absolute atomic E-state index is 5.75. The minimum atomic E-state index is 0.325. The Kier molecular flexibility index (Phi) is 1.78. The van der Waals surface area contributed by atoms with Gasteiger partial charge in [-0.25, -0.2) is 0 Å². The third-order valence-corrected chi connectivity index (χ3v) is 3.42. The monoisotopic (exact) mass is 254 g/mol. The van der Waals surface area contributed by atoms with E-state index in [9.17, 15) is 0 Å². The van der Waals surface area contributed by atoms with Gasteiger partial charge in [-0.15, -0.1) is 0 Å². The molecule has 0 aromatic heterocycles. The normalized spacial score (nSPS) is 21.8. The van der Waals surface area contributed by atoms with E-state index < -0.39 is 0 Å². The fraction of sp³-hybridized carbons (Fsp3) is 0.455. The molecule has 1 heterocycles. The quantitative estimate of drug-likeness (QED) is 0.709. The molecule has 3 rings (SSSR count). The molecule has 14 heavy (non-hydrogen) atoms. The topological polar surface area (TPSA) is 18.5 Å². The fourth-order valence-corrected chi connectivity index (χ4v) is 2.02. The average molecular weight is 255 g/mol. The van der Waals surface area contributed by atoms with E-state index in [-0.39, 0.29) is 0 Å². The van der Waals surface area contributed by atoms with Crippen LogP contribution in [0.4, 0.5) is 0 Å². The lowest BCUT2D eigenvalue weighted by molar-refractivity contribution is 0.197. The Morgan fingerprint density at radius 2 is 1.79 bits per heavy atom. The highest BCUT2D eigenvalue weighted by Gasteiger charge is 2.46. The Labute approximate surface area is 91.3 Å². The summed E-state index contributed by atoms with van der Waals surface area (Å²) in [6, 6.07) is 5.91. The highest BCUT2D eigenvalue weighted by atomic mass is 79.9. The Morgan fingerprint density at radius 1 is 1.07 bits per heavy atom. The minimum Gasteiger partial charge on any atom is -0.489 e. The molecule has 0 bridgehead atoms. The van der Waals surface area contributed by atoms with Gasteiger partial charge in [-0.2, -0.15) is 0 Å². The average Bonchev–Trinajstić information content (AvgIpc) is 2.96. The minimum absolute atomic E-state index is 0.325. The molecule has 0 unspecified atom stereocenters. The highest BCUT2D eigenvalue weighted by Crippen LogP contribution is 2.49. The number of benzene rings is 1. The van der Waals surface area contributed by atoms with Gasteiger partial charge in [0.05, 0.1) is 13.2 Å². The number of hydrogen-bond acceptors (Lipinski definition) is 2. The van der Waals surface area contributed by atoms with Crippen LogP contribution in [0, 0.1) is 5.41 Å². The molecule has 3 heteroatoms. The zero-order chi connectivity index (χ0) is 9.60. The molecule has 2 aliphatic rings. The van der Waals surface area contributed by atoms with Gasteiger partial charge >= 0.3 is 0 Å². The first-order valence-electron chi connectivity index (χ1n) is 4.83. The molecule has 1 spiro atoms. The van der Waals surface area contributed by atoms with Crippen molar-refractivity contribution >= 4 is 15.9 Å². The SMILES string of the molecule is Brc1ccc2c(c1)OCC1(CC1)CO2. The van der Waals surface area contributed by atoms with Gasteiger partial charge in [0, 0.05) is 9.89 Å². The van der Waals surface area contributed by atoms with Crippen molar-refractivity contribution in [1.82, 2.24) is 0 Å². The molecule has 1 aliphatic heterocycles. The van der Waals surface area contributed by atoms with Gasteiger partial charge in [0.2, 0.25) is 0 Å². The van der Waals surface area contributed by atoms with Crippen LogP contribution >= 0.6 is 15.9 Å².